The molecule has 0 atom stereocenters. The number of nitro groups is 1. The molecule has 0 saturated heterocycles. The topological polar surface area (TPSA) is 94.6 Å². The van der Waals surface area contributed by atoms with Crippen molar-refractivity contribution in [2.45, 2.75) is 13.8 Å². The molecule has 7 heteroatoms. The van der Waals surface area contributed by atoms with Crippen molar-refractivity contribution < 1.29 is 19.1 Å². The van der Waals surface area contributed by atoms with E-state index in [4.69, 9.17) is 14.2 Å². The third-order valence-corrected chi connectivity index (χ3v) is 4.78. The third-order valence-electron chi connectivity index (χ3n) is 4.78. The molecule has 0 spiro atoms. The van der Waals surface area contributed by atoms with E-state index in [1.54, 1.807) is 30.3 Å². The van der Waals surface area contributed by atoms with Gasteiger partial charge in [0.2, 0.25) is 0 Å². The monoisotopic (exact) mass is 444 g/mol. The molecule has 0 aromatic heterocycles. The van der Waals surface area contributed by atoms with E-state index in [-0.39, 0.29) is 5.69 Å². The maximum absolute atomic E-state index is 10.8. The van der Waals surface area contributed by atoms with E-state index < -0.39 is 4.92 Å². The molecule has 0 fully saturated rings. The molecule has 0 aliphatic carbocycles. The van der Waals surface area contributed by atoms with Gasteiger partial charge in [0.15, 0.2) is 11.5 Å². The molecule has 0 aliphatic heterocycles. The zero-order valence-electron chi connectivity index (χ0n) is 18.5. The highest BCUT2D eigenvalue weighted by Crippen LogP contribution is 2.30. The predicted octanol–water partition coefficient (Wildman–Crippen LogP) is 5.82. The first-order valence-corrected chi connectivity index (χ1v) is 10.5. The number of rotatable bonds is 10. The summed E-state index contributed by atoms with van der Waals surface area (Å²) in [6.07, 6.45) is 1.70. The fourth-order valence-electron chi connectivity index (χ4n) is 3.13. The zero-order chi connectivity index (χ0) is 23.6. The van der Waals surface area contributed by atoms with Crippen LogP contribution >= 0.6 is 0 Å². The number of ether oxygens (including phenoxy) is 3. The molecular weight excluding hydrogens is 420 g/mol. The SMILES string of the molecule is CCOc1cc(/C=C(/C#N)c2ccc([N+](=O)[O-])cc2)ccc1OCCOc1ccccc1C. The molecule has 0 saturated carbocycles. The van der Waals surface area contributed by atoms with Crippen LogP contribution in [0.4, 0.5) is 5.69 Å². The number of benzene rings is 3. The van der Waals surface area contributed by atoms with Crippen molar-refractivity contribution in [1.82, 2.24) is 0 Å². The van der Waals surface area contributed by atoms with Crippen LogP contribution in [-0.4, -0.2) is 24.7 Å². The lowest BCUT2D eigenvalue weighted by molar-refractivity contribution is -0.384. The van der Waals surface area contributed by atoms with Gasteiger partial charge in [-0.15, -0.1) is 0 Å². The highest BCUT2D eigenvalue weighted by molar-refractivity contribution is 5.90. The van der Waals surface area contributed by atoms with Crippen molar-refractivity contribution >= 4 is 17.3 Å². The second kappa shape index (κ2) is 11.3. The molecule has 3 rings (SSSR count). The van der Waals surface area contributed by atoms with Gasteiger partial charge in [0.05, 0.1) is 23.2 Å². The quantitative estimate of drug-likeness (QED) is 0.128. The minimum absolute atomic E-state index is 0.0254. The highest BCUT2D eigenvalue weighted by Gasteiger charge is 2.10. The normalized spacial score (nSPS) is 10.9. The van der Waals surface area contributed by atoms with E-state index in [9.17, 15) is 15.4 Å². The van der Waals surface area contributed by atoms with Gasteiger partial charge in [0.25, 0.3) is 5.69 Å². The van der Waals surface area contributed by atoms with Crippen molar-refractivity contribution in [2.75, 3.05) is 19.8 Å². The first-order valence-electron chi connectivity index (χ1n) is 10.5. The molecular formula is C26H24N2O5. The predicted molar refractivity (Wildman–Crippen MR) is 126 cm³/mol. The smallest absolute Gasteiger partial charge is 0.269 e. The number of hydrogen-bond acceptors (Lipinski definition) is 6. The van der Waals surface area contributed by atoms with Crippen LogP contribution in [0.15, 0.2) is 66.7 Å². The lowest BCUT2D eigenvalue weighted by atomic mass is 10.0. The first-order chi connectivity index (χ1) is 16.0. The fraction of sp³-hybridized carbons (Fsp3) is 0.192. The van der Waals surface area contributed by atoms with E-state index >= 15 is 0 Å². The summed E-state index contributed by atoms with van der Waals surface area (Å²) in [5, 5.41) is 20.4. The van der Waals surface area contributed by atoms with Crippen molar-refractivity contribution in [1.29, 1.82) is 5.26 Å². The van der Waals surface area contributed by atoms with Gasteiger partial charge in [-0.3, -0.25) is 10.1 Å². The Hall–Kier alpha value is -4.31. The van der Waals surface area contributed by atoms with Crippen LogP contribution in [-0.2, 0) is 0 Å². The first kappa shape index (κ1) is 23.4. The second-order valence-corrected chi connectivity index (χ2v) is 7.08. The van der Waals surface area contributed by atoms with Crippen LogP contribution in [0.1, 0.15) is 23.6 Å². The zero-order valence-corrected chi connectivity index (χ0v) is 18.5. The Kier molecular flexibility index (Phi) is 8.03. The van der Waals surface area contributed by atoms with E-state index in [2.05, 4.69) is 6.07 Å². The number of para-hydroxylation sites is 1. The number of non-ortho nitro benzene ring substituents is 1. The fourth-order valence-corrected chi connectivity index (χ4v) is 3.13. The molecule has 0 heterocycles. The lowest BCUT2D eigenvalue weighted by Gasteiger charge is -2.14. The summed E-state index contributed by atoms with van der Waals surface area (Å²) in [4.78, 5) is 10.4. The molecule has 0 aliphatic rings. The van der Waals surface area contributed by atoms with Crippen LogP contribution in [0.2, 0.25) is 0 Å². The van der Waals surface area contributed by atoms with Crippen molar-refractivity contribution in [2.24, 2.45) is 0 Å². The van der Waals surface area contributed by atoms with Gasteiger partial charge in [-0.2, -0.15) is 5.26 Å². The minimum atomic E-state index is -0.474. The highest BCUT2D eigenvalue weighted by atomic mass is 16.6. The largest absolute Gasteiger partial charge is 0.490 e. The number of aryl methyl sites for hydroxylation is 1. The number of allylic oxidation sites excluding steroid dienone is 1. The third kappa shape index (κ3) is 6.34. The van der Waals surface area contributed by atoms with E-state index in [0.29, 0.717) is 42.5 Å². The van der Waals surface area contributed by atoms with Crippen LogP contribution in [0.5, 0.6) is 17.2 Å². The Labute approximate surface area is 192 Å². The summed E-state index contributed by atoms with van der Waals surface area (Å²) in [6, 6.07) is 21.2. The van der Waals surface area contributed by atoms with Gasteiger partial charge in [-0.25, -0.2) is 0 Å². The summed E-state index contributed by atoms with van der Waals surface area (Å²) in [5.41, 5.74) is 2.76. The van der Waals surface area contributed by atoms with Gasteiger partial charge in [-0.05, 0) is 66.9 Å². The Morgan fingerprint density at radius 1 is 0.970 bits per heavy atom. The molecule has 168 valence electrons. The molecule has 0 unspecified atom stereocenters. The van der Waals surface area contributed by atoms with Gasteiger partial charge in [0.1, 0.15) is 19.0 Å². The van der Waals surface area contributed by atoms with Gasteiger partial charge in [-0.1, -0.05) is 24.3 Å². The molecule has 3 aromatic carbocycles. The summed E-state index contributed by atoms with van der Waals surface area (Å²) in [6.45, 7) is 5.05. The second-order valence-electron chi connectivity index (χ2n) is 7.08. The standard InChI is InChI=1S/C26H24N2O5/c1-3-31-26-17-20(16-22(18-27)21-9-11-23(12-10-21)28(29)30)8-13-25(26)33-15-14-32-24-7-5-4-6-19(24)2/h4-13,16-17H,3,14-15H2,1-2H3/b22-16-. The molecule has 33 heavy (non-hydrogen) atoms. The minimum Gasteiger partial charge on any atom is -0.490 e. The molecule has 3 aromatic rings. The maximum atomic E-state index is 10.8. The Balaban J connectivity index is 1.72. The summed E-state index contributed by atoms with van der Waals surface area (Å²) in [5.74, 6) is 1.96. The number of nitrogens with zero attached hydrogens (tertiary/aromatic N) is 2. The number of nitro benzene ring substituents is 1. The summed E-state index contributed by atoms with van der Waals surface area (Å²) in [7, 11) is 0. The van der Waals surface area contributed by atoms with E-state index in [1.807, 2.05) is 44.2 Å². The molecule has 0 N–H and O–H groups in total. The Bertz CT molecular complexity index is 1180. The molecule has 0 amide bonds. The Morgan fingerprint density at radius 3 is 2.30 bits per heavy atom. The van der Waals surface area contributed by atoms with E-state index in [1.165, 1.54) is 12.1 Å². The van der Waals surface area contributed by atoms with Gasteiger partial charge >= 0.3 is 0 Å². The van der Waals surface area contributed by atoms with Crippen molar-refractivity contribution in [3.05, 3.63) is 93.5 Å². The number of hydrogen-bond donors (Lipinski definition) is 0. The molecule has 0 bridgehead atoms. The maximum Gasteiger partial charge on any atom is 0.269 e. The van der Waals surface area contributed by atoms with Crippen molar-refractivity contribution in [3.63, 3.8) is 0 Å². The van der Waals surface area contributed by atoms with E-state index in [0.717, 1.165) is 16.9 Å². The van der Waals surface area contributed by atoms with Gasteiger partial charge in [0, 0.05) is 12.1 Å². The average Bonchev–Trinajstić information content (AvgIpc) is 2.82. The van der Waals surface area contributed by atoms with Crippen LogP contribution in [0.3, 0.4) is 0 Å². The summed E-state index contributed by atoms with van der Waals surface area (Å²) < 4.78 is 17.3. The van der Waals surface area contributed by atoms with Gasteiger partial charge < -0.3 is 14.2 Å². The van der Waals surface area contributed by atoms with Crippen LogP contribution in [0.25, 0.3) is 11.6 Å². The van der Waals surface area contributed by atoms with Crippen LogP contribution < -0.4 is 14.2 Å². The molecule has 0 radical (unpaired) electrons. The molecule has 7 nitrogen and oxygen atoms in total. The average molecular weight is 444 g/mol. The lowest BCUT2D eigenvalue weighted by Crippen LogP contribution is -2.10. The van der Waals surface area contributed by atoms with Crippen LogP contribution in [0, 0.1) is 28.4 Å². The van der Waals surface area contributed by atoms with Crippen molar-refractivity contribution in [3.8, 4) is 23.3 Å². The number of nitriles is 1. The summed E-state index contributed by atoms with van der Waals surface area (Å²) >= 11 is 0. The Morgan fingerprint density at radius 2 is 1.67 bits per heavy atom.